The van der Waals surface area contributed by atoms with Gasteiger partial charge in [-0.1, -0.05) is 35.0 Å². The quantitative estimate of drug-likeness (QED) is 0.777. The van der Waals surface area contributed by atoms with Crippen molar-refractivity contribution in [1.29, 1.82) is 0 Å². The molecule has 1 unspecified atom stereocenters. The van der Waals surface area contributed by atoms with Crippen LogP contribution in [0.3, 0.4) is 0 Å². The zero-order valence-electron chi connectivity index (χ0n) is 9.84. The standard InChI is InChI=1S/C12H12BrF3O2/c1-3-8-4-5-9(11(13)7(2)17)10(6-8)18-12(14,15)16/h4-6,11H,3H2,1-2H3. The summed E-state index contributed by atoms with van der Waals surface area (Å²) in [5.41, 5.74) is 0.887. The smallest absolute Gasteiger partial charge is 0.405 e. The van der Waals surface area contributed by atoms with Crippen LogP contribution in [0.4, 0.5) is 13.2 Å². The molecule has 0 aliphatic rings. The minimum atomic E-state index is -4.77. The molecule has 0 bridgehead atoms. The van der Waals surface area contributed by atoms with Crippen LogP contribution in [0.5, 0.6) is 5.75 Å². The number of carbonyl (C=O) groups excluding carboxylic acids is 1. The monoisotopic (exact) mass is 324 g/mol. The van der Waals surface area contributed by atoms with E-state index in [-0.39, 0.29) is 17.1 Å². The van der Waals surface area contributed by atoms with Gasteiger partial charge in [0.1, 0.15) is 16.4 Å². The maximum absolute atomic E-state index is 12.3. The van der Waals surface area contributed by atoms with Crippen molar-refractivity contribution in [2.75, 3.05) is 0 Å². The molecule has 0 saturated heterocycles. The number of halogens is 4. The first kappa shape index (κ1) is 15.0. The number of ketones is 1. The van der Waals surface area contributed by atoms with Crippen molar-refractivity contribution in [1.82, 2.24) is 0 Å². The van der Waals surface area contributed by atoms with Gasteiger partial charge < -0.3 is 4.74 Å². The van der Waals surface area contributed by atoms with Gasteiger partial charge >= 0.3 is 6.36 Å². The molecule has 0 aliphatic carbocycles. The normalized spacial score (nSPS) is 13.2. The fraction of sp³-hybridized carbons (Fsp3) is 0.417. The molecule has 0 heterocycles. The summed E-state index contributed by atoms with van der Waals surface area (Å²) in [6.07, 6.45) is -4.19. The molecule has 1 rings (SSSR count). The van der Waals surface area contributed by atoms with E-state index >= 15 is 0 Å². The molecule has 1 aromatic rings. The zero-order chi connectivity index (χ0) is 13.9. The Balaban J connectivity index is 3.20. The van der Waals surface area contributed by atoms with Crippen molar-refractivity contribution < 1.29 is 22.7 Å². The van der Waals surface area contributed by atoms with Crippen LogP contribution >= 0.6 is 15.9 Å². The number of Topliss-reactive ketones (excluding diaryl/α,β-unsaturated/α-hetero) is 1. The Hall–Kier alpha value is -1.04. The molecule has 100 valence electrons. The average Bonchev–Trinajstić information content (AvgIpc) is 2.25. The van der Waals surface area contributed by atoms with E-state index in [1.165, 1.54) is 19.1 Å². The van der Waals surface area contributed by atoms with Crippen molar-refractivity contribution in [2.45, 2.75) is 31.5 Å². The van der Waals surface area contributed by atoms with Crippen molar-refractivity contribution in [3.05, 3.63) is 29.3 Å². The summed E-state index contributed by atoms with van der Waals surface area (Å²) < 4.78 is 40.9. The number of carbonyl (C=O) groups is 1. The first-order chi connectivity index (χ1) is 8.24. The van der Waals surface area contributed by atoms with E-state index < -0.39 is 11.2 Å². The second-order valence-electron chi connectivity index (χ2n) is 3.75. The highest BCUT2D eigenvalue weighted by Gasteiger charge is 2.33. The molecule has 0 radical (unpaired) electrons. The van der Waals surface area contributed by atoms with E-state index in [4.69, 9.17) is 0 Å². The van der Waals surface area contributed by atoms with E-state index in [0.717, 1.165) is 0 Å². The van der Waals surface area contributed by atoms with Crippen molar-refractivity contribution in [3.63, 3.8) is 0 Å². The SMILES string of the molecule is CCc1ccc(C(Br)C(C)=O)c(OC(F)(F)F)c1. The molecule has 0 spiro atoms. The van der Waals surface area contributed by atoms with Gasteiger partial charge in [0.2, 0.25) is 0 Å². The lowest BCUT2D eigenvalue weighted by Crippen LogP contribution is -2.19. The predicted octanol–water partition coefficient (Wildman–Crippen LogP) is 4.17. The van der Waals surface area contributed by atoms with E-state index in [1.54, 1.807) is 6.07 Å². The lowest BCUT2D eigenvalue weighted by atomic mass is 10.0. The molecule has 1 atom stereocenters. The third kappa shape index (κ3) is 4.01. The molecule has 1 aromatic carbocycles. The highest BCUT2D eigenvalue weighted by atomic mass is 79.9. The Morgan fingerprint density at radius 1 is 1.44 bits per heavy atom. The summed E-state index contributed by atoms with van der Waals surface area (Å²) in [6.45, 7) is 3.12. The zero-order valence-corrected chi connectivity index (χ0v) is 11.4. The summed E-state index contributed by atoms with van der Waals surface area (Å²) in [5, 5.41) is 0. The Kier molecular flexibility index (Phi) is 4.78. The van der Waals surface area contributed by atoms with Crippen LogP contribution in [0, 0.1) is 0 Å². The van der Waals surface area contributed by atoms with Gasteiger partial charge in [0.05, 0.1) is 0 Å². The van der Waals surface area contributed by atoms with Crippen LogP contribution in [0.25, 0.3) is 0 Å². The van der Waals surface area contributed by atoms with E-state index in [9.17, 15) is 18.0 Å². The summed E-state index contributed by atoms with van der Waals surface area (Å²) in [7, 11) is 0. The van der Waals surface area contributed by atoms with Crippen LogP contribution in [0.1, 0.15) is 29.8 Å². The highest BCUT2D eigenvalue weighted by Crippen LogP contribution is 2.35. The van der Waals surface area contributed by atoms with E-state index in [2.05, 4.69) is 20.7 Å². The molecule has 0 aromatic heterocycles. The molecular formula is C12H12BrF3O2. The Labute approximate surface area is 111 Å². The Morgan fingerprint density at radius 3 is 2.50 bits per heavy atom. The molecule has 18 heavy (non-hydrogen) atoms. The minimum Gasteiger partial charge on any atom is -0.405 e. The first-order valence-corrected chi connectivity index (χ1v) is 6.19. The largest absolute Gasteiger partial charge is 0.573 e. The summed E-state index contributed by atoms with van der Waals surface area (Å²) in [6, 6.07) is 4.45. The second kappa shape index (κ2) is 5.73. The molecule has 0 N–H and O–H groups in total. The molecular weight excluding hydrogens is 313 g/mol. The van der Waals surface area contributed by atoms with Crippen LogP contribution in [0.2, 0.25) is 0 Å². The van der Waals surface area contributed by atoms with Gasteiger partial charge in [-0.2, -0.15) is 0 Å². The van der Waals surface area contributed by atoms with Crippen molar-refractivity contribution in [2.24, 2.45) is 0 Å². The third-order valence-electron chi connectivity index (χ3n) is 2.34. The molecule has 0 saturated carbocycles. The minimum absolute atomic E-state index is 0.178. The first-order valence-electron chi connectivity index (χ1n) is 5.27. The second-order valence-corrected chi connectivity index (χ2v) is 4.66. The van der Waals surface area contributed by atoms with Gasteiger partial charge in [-0.25, -0.2) is 0 Å². The molecule has 6 heteroatoms. The number of alkyl halides is 4. The number of benzene rings is 1. The fourth-order valence-electron chi connectivity index (χ4n) is 1.44. The van der Waals surface area contributed by atoms with Crippen LogP contribution in [-0.2, 0) is 11.2 Å². The summed E-state index contributed by atoms with van der Waals surface area (Å²) in [5.74, 6) is -0.620. The Morgan fingerprint density at radius 2 is 2.06 bits per heavy atom. The van der Waals surface area contributed by atoms with Gasteiger partial charge in [0.25, 0.3) is 0 Å². The predicted molar refractivity (Wildman–Crippen MR) is 64.9 cm³/mol. The van der Waals surface area contributed by atoms with Gasteiger partial charge in [-0.3, -0.25) is 4.79 Å². The third-order valence-corrected chi connectivity index (χ3v) is 3.48. The number of hydrogen-bond donors (Lipinski definition) is 0. The maximum Gasteiger partial charge on any atom is 0.573 e. The van der Waals surface area contributed by atoms with Gasteiger partial charge in [0, 0.05) is 5.56 Å². The number of hydrogen-bond acceptors (Lipinski definition) is 2. The van der Waals surface area contributed by atoms with Gasteiger partial charge in [0.15, 0.2) is 0 Å². The molecule has 0 amide bonds. The highest BCUT2D eigenvalue weighted by molar-refractivity contribution is 9.09. The van der Waals surface area contributed by atoms with Crippen LogP contribution < -0.4 is 4.74 Å². The number of ether oxygens (including phenoxy) is 1. The Bertz CT molecular complexity index is 443. The maximum atomic E-state index is 12.3. The van der Waals surface area contributed by atoms with E-state index in [1.807, 2.05) is 6.92 Å². The van der Waals surface area contributed by atoms with Gasteiger partial charge in [-0.05, 0) is 25.0 Å². The van der Waals surface area contributed by atoms with Crippen LogP contribution in [0.15, 0.2) is 18.2 Å². The number of rotatable bonds is 4. The molecule has 0 fully saturated rings. The molecule has 2 nitrogen and oxygen atoms in total. The van der Waals surface area contributed by atoms with Crippen molar-refractivity contribution in [3.8, 4) is 5.75 Å². The average molecular weight is 325 g/mol. The summed E-state index contributed by atoms with van der Waals surface area (Å²) >= 11 is 3.06. The summed E-state index contributed by atoms with van der Waals surface area (Å²) in [4.78, 5) is 10.4. The lowest BCUT2D eigenvalue weighted by Gasteiger charge is -2.16. The fourth-order valence-corrected chi connectivity index (χ4v) is 1.82. The molecule has 0 aliphatic heterocycles. The van der Waals surface area contributed by atoms with Crippen LogP contribution in [-0.4, -0.2) is 12.1 Å². The topological polar surface area (TPSA) is 26.3 Å². The van der Waals surface area contributed by atoms with Gasteiger partial charge in [-0.15, -0.1) is 13.2 Å². The lowest BCUT2D eigenvalue weighted by molar-refractivity contribution is -0.274. The number of aryl methyl sites for hydroxylation is 1. The van der Waals surface area contributed by atoms with Crippen molar-refractivity contribution >= 4 is 21.7 Å². The van der Waals surface area contributed by atoms with E-state index in [0.29, 0.717) is 12.0 Å².